The molecule has 59 heavy (non-hydrogen) atoms. The van der Waals surface area contributed by atoms with Gasteiger partial charge in [-0.15, -0.1) is 0 Å². The topological polar surface area (TPSA) is 55.8 Å². The normalized spacial score (nSPS) is 12.9. The average molecular weight is 823 g/mol. The molecule has 0 rings (SSSR count). The molecule has 0 amide bonds. The van der Waals surface area contributed by atoms with Crippen LogP contribution in [0, 0.1) is 0 Å². The summed E-state index contributed by atoms with van der Waals surface area (Å²) in [6, 6.07) is 0. The van der Waals surface area contributed by atoms with Crippen LogP contribution in [0.4, 0.5) is 0 Å². The molecule has 0 saturated carbocycles. The van der Waals surface area contributed by atoms with Crippen molar-refractivity contribution in [1.82, 2.24) is 0 Å². The number of rotatable bonds is 47. The van der Waals surface area contributed by atoms with E-state index < -0.39 is 6.10 Å². The molecule has 0 aromatic carbocycles. The van der Waals surface area contributed by atoms with Crippen LogP contribution in [0.15, 0.2) is 72.9 Å². The second-order valence-electron chi connectivity index (χ2n) is 16.9. The predicted octanol–water partition coefficient (Wildman–Crippen LogP) is 17.3. The minimum absolute atomic E-state index is 0.191. The summed E-state index contributed by atoms with van der Waals surface area (Å²) < 4.78 is 11.2. The zero-order valence-corrected chi connectivity index (χ0v) is 39.3. The van der Waals surface area contributed by atoms with E-state index in [9.17, 15) is 9.90 Å². The van der Waals surface area contributed by atoms with Crippen LogP contribution in [0.5, 0.6) is 0 Å². The first-order valence-electron chi connectivity index (χ1n) is 25.5. The van der Waals surface area contributed by atoms with E-state index in [1.54, 1.807) is 0 Å². The van der Waals surface area contributed by atoms with E-state index in [1.165, 1.54) is 161 Å². The largest absolute Gasteiger partial charge is 0.457 e. The molecule has 1 N–H and O–H groups in total. The number of carbonyl (C=O) groups excluding carboxylic acids is 1. The van der Waals surface area contributed by atoms with Gasteiger partial charge in [-0.1, -0.05) is 247 Å². The van der Waals surface area contributed by atoms with Crippen molar-refractivity contribution in [2.45, 2.75) is 251 Å². The fourth-order valence-electron chi connectivity index (χ4n) is 7.27. The van der Waals surface area contributed by atoms with Crippen LogP contribution in [-0.2, 0) is 14.3 Å². The van der Waals surface area contributed by atoms with Gasteiger partial charge in [-0.3, -0.25) is 4.79 Å². The lowest BCUT2D eigenvalue weighted by Gasteiger charge is -2.15. The Kier molecular flexibility index (Phi) is 50.1. The average Bonchev–Trinajstić information content (AvgIpc) is 3.24. The van der Waals surface area contributed by atoms with Crippen molar-refractivity contribution in [2.75, 3.05) is 19.8 Å². The molecule has 0 radical (unpaired) electrons. The Morgan fingerprint density at radius 1 is 0.424 bits per heavy atom. The molecule has 0 saturated heterocycles. The van der Waals surface area contributed by atoms with Gasteiger partial charge in [0.05, 0.1) is 13.2 Å². The molecule has 0 aliphatic heterocycles. The molecule has 0 aromatic heterocycles. The highest BCUT2D eigenvalue weighted by Crippen LogP contribution is 2.16. The summed E-state index contributed by atoms with van der Waals surface area (Å²) in [5.41, 5.74) is 0. The molecule has 1 atom stereocenters. The lowest BCUT2D eigenvalue weighted by Crippen LogP contribution is -2.27. The van der Waals surface area contributed by atoms with E-state index >= 15 is 0 Å². The Balaban J connectivity index is 3.45. The number of hydrogen-bond donors (Lipinski definition) is 1. The summed E-state index contributed by atoms with van der Waals surface area (Å²) in [4.78, 5) is 12.2. The minimum atomic E-state index is -0.560. The highest BCUT2D eigenvalue weighted by molar-refractivity contribution is 5.69. The first-order valence-corrected chi connectivity index (χ1v) is 25.5. The Labute approximate surface area is 367 Å². The van der Waals surface area contributed by atoms with Gasteiger partial charge in [0.25, 0.3) is 0 Å². The van der Waals surface area contributed by atoms with E-state index in [0.717, 1.165) is 64.2 Å². The van der Waals surface area contributed by atoms with Crippen LogP contribution in [-0.4, -0.2) is 37.0 Å². The lowest BCUT2D eigenvalue weighted by molar-refractivity contribution is -0.154. The quantitative estimate of drug-likeness (QED) is 0.0377. The van der Waals surface area contributed by atoms with Crippen molar-refractivity contribution in [3.8, 4) is 0 Å². The van der Waals surface area contributed by atoms with Gasteiger partial charge in [-0.25, -0.2) is 0 Å². The third-order valence-electron chi connectivity index (χ3n) is 11.0. The molecule has 342 valence electrons. The molecule has 0 spiro atoms. The SMILES string of the molecule is CC/C=C\C/C=C\C/C=C\C/C=C\C/C=C\C/C=C\CCCCC(=O)OC(CO)COCCCCCCCCCCCCCCCCCCCCCCCCCCCC. The van der Waals surface area contributed by atoms with Gasteiger partial charge in [0.1, 0.15) is 6.10 Å². The van der Waals surface area contributed by atoms with Crippen molar-refractivity contribution < 1.29 is 19.4 Å². The maximum absolute atomic E-state index is 12.2. The lowest BCUT2D eigenvalue weighted by atomic mass is 10.0. The molecule has 4 heteroatoms. The second kappa shape index (κ2) is 52.0. The molecule has 0 aliphatic carbocycles. The highest BCUT2D eigenvalue weighted by atomic mass is 16.6. The summed E-state index contributed by atoms with van der Waals surface area (Å²) in [6.07, 6.45) is 71.5. The van der Waals surface area contributed by atoms with Crippen LogP contribution < -0.4 is 0 Å². The number of hydrogen-bond acceptors (Lipinski definition) is 4. The maximum atomic E-state index is 12.2. The Hall–Kier alpha value is -2.17. The zero-order chi connectivity index (χ0) is 42.6. The first-order chi connectivity index (χ1) is 29.2. The monoisotopic (exact) mass is 823 g/mol. The molecule has 0 fully saturated rings. The third-order valence-corrected chi connectivity index (χ3v) is 11.0. The van der Waals surface area contributed by atoms with Crippen LogP contribution in [0.1, 0.15) is 245 Å². The van der Waals surface area contributed by atoms with Crippen LogP contribution >= 0.6 is 0 Å². The summed E-state index contributed by atoms with van der Waals surface area (Å²) in [7, 11) is 0. The number of aliphatic hydroxyl groups excluding tert-OH is 1. The van der Waals surface area contributed by atoms with Crippen molar-refractivity contribution in [2.24, 2.45) is 0 Å². The highest BCUT2D eigenvalue weighted by Gasteiger charge is 2.13. The summed E-state index contributed by atoms with van der Waals surface area (Å²) in [5.74, 6) is -0.240. The van der Waals surface area contributed by atoms with Gasteiger partial charge in [0.2, 0.25) is 0 Å². The number of aliphatic hydroxyl groups is 1. The standard InChI is InChI=1S/C55H98O4/c1-3-5-7-9-11-13-15-17-19-21-23-25-26-27-28-29-31-33-35-37-39-41-43-45-47-49-51-58-53-54(52-56)59-55(57)50-48-46-44-42-40-38-36-34-32-30-24-22-20-18-16-14-12-10-8-6-4-2/h6,8,12,14,18,20,24,30,34,36,40,42,54,56H,3-5,7,9-11,13,15-17,19,21-23,25-29,31-33,35,37-39,41,43-53H2,1-2H3/b8-6-,14-12-,20-18-,30-24-,36-34-,42-40-. The van der Waals surface area contributed by atoms with Gasteiger partial charge in [-0.05, 0) is 64.2 Å². The predicted molar refractivity (Wildman–Crippen MR) is 260 cm³/mol. The fraction of sp³-hybridized carbons (Fsp3) is 0.764. The molecule has 4 nitrogen and oxygen atoms in total. The van der Waals surface area contributed by atoms with Crippen molar-refractivity contribution >= 4 is 5.97 Å². The number of ether oxygens (including phenoxy) is 2. The summed E-state index contributed by atoms with van der Waals surface area (Å²) >= 11 is 0. The van der Waals surface area contributed by atoms with Crippen molar-refractivity contribution in [3.05, 3.63) is 72.9 Å². The second-order valence-corrected chi connectivity index (χ2v) is 16.9. The van der Waals surface area contributed by atoms with Gasteiger partial charge < -0.3 is 14.6 Å². The van der Waals surface area contributed by atoms with Crippen molar-refractivity contribution in [1.29, 1.82) is 0 Å². The molecule has 1 unspecified atom stereocenters. The number of carbonyl (C=O) groups is 1. The van der Waals surface area contributed by atoms with E-state index in [-0.39, 0.29) is 19.2 Å². The van der Waals surface area contributed by atoms with Gasteiger partial charge in [0.15, 0.2) is 0 Å². The van der Waals surface area contributed by atoms with Crippen LogP contribution in [0.2, 0.25) is 0 Å². The molecule has 0 bridgehead atoms. The summed E-state index contributed by atoms with van der Waals surface area (Å²) in [5, 5.41) is 9.64. The van der Waals surface area contributed by atoms with E-state index in [1.807, 2.05) is 0 Å². The Morgan fingerprint density at radius 3 is 1.12 bits per heavy atom. The van der Waals surface area contributed by atoms with E-state index in [4.69, 9.17) is 9.47 Å². The molecular formula is C55H98O4. The van der Waals surface area contributed by atoms with Gasteiger partial charge in [0, 0.05) is 13.0 Å². The smallest absolute Gasteiger partial charge is 0.306 e. The molecular weight excluding hydrogens is 725 g/mol. The van der Waals surface area contributed by atoms with Crippen LogP contribution in [0.3, 0.4) is 0 Å². The number of unbranched alkanes of at least 4 members (excludes halogenated alkanes) is 27. The Morgan fingerprint density at radius 2 is 0.763 bits per heavy atom. The molecule has 0 aliphatic rings. The molecule has 0 aromatic rings. The third kappa shape index (κ3) is 50.1. The number of allylic oxidation sites excluding steroid dienone is 12. The first kappa shape index (κ1) is 56.8. The minimum Gasteiger partial charge on any atom is -0.457 e. The van der Waals surface area contributed by atoms with Gasteiger partial charge in [-0.2, -0.15) is 0 Å². The van der Waals surface area contributed by atoms with Crippen LogP contribution in [0.25, 0.3) is 0 Å². The van der Waals surface area contributed by atoms with Crippen molar-refractivity contribution in [3.63, 3.8) is 0 Å². The zero-order valence-electron chi connectivity index (χ0n) is 39.3. The fourth-order valence-corrected chi connectivity index (χ4v) is 7.27. The maximum Gasteiger partial charge on any atom is 0.306 e. The summed E-state index contributed by atoms with van der Waals surface area (Å²) in [6.45, 7) is 5.21. The molecule has 0 heterocycles. The van der Waals surface area contributed by atoms with E-state index in [2.05, 4.69) is 86.8 Å². The Bertz CT molecular complexity index is 1000. The number of esters is 1. The van der Waals surface area contributed by atoms with E-state index in [0.29, 0.717) is 13.0 Å². The van der Waals surface area contributed by atoms with Gasteiger partial charge >= 0.3 is 5.97 Å².